The molecule has 3 rings (SSSR count). The summed E-state index contributed by atoms with van der Waals surface area (Å²) >= 11 is 0. The van der Waals surface area contributed by atoms with Crippen LogP contribution in [-0.2, 0) is 17.8 Å². The van der Waals surface area contributed by atoms with E-state index in [-0.39, 0.29) is 12.4 Å². The number of hydrogen-bond acceptors (Lipinski definition) is 6. The molecule has 1 aromatic carbocycles. The van der Waals surface area contributed by atoms with E-state index in [1.165, 1.54) is 0 Å². The number of furan rings is 2. The molecule has 0 saturated carbocycles. The molecule has 0 fully saturated rings. The van der Waals surface area contributed by atoms with Crippen LogP contribution in [0.4, 0.5) is 0 Å². The minimum Gasteiger partial charge on any atom is -0.468 e. The summed E-state index contributed by atoms with van der Waals surface area (Å²) in [7, 11) is 0. The molecule has 0 N–H and O–H groups in total. The van der Waals surface area contributed by atoms with Crippen molar-refractivity contribution >= 4 is 16.9 Å². The molecule has 0 unspecified atom stereocenters. The van der Waals surface area contributed by atoms with Crippen LogP contribution in [0.1, 0.15) is 35.2 Å². The molecule has 2 heterocycles. The van der Waals surface area contributed by atoms with Crippen molar-refractivity contribution in [3.63, 3.8) is 0 Å². The van der Waals surface area contributed by atoms with Gasteiger partial charge in [0.15, 0.2) is 0 Å². The van der Waals surface area contributed by atoms with Crippen molar-refractivity contribution in [2.75, 3.05) is 13.2 Å². The number of rotatable bonds is 8. The fourth-order valence-electron chi connectivity index (χ4n) is 2.89. The monoisotopic (exact) mass is 352 g/mol. The van der Waals surface area contributed by atoms with Gasteiger partial charge in [0.25, 0.3) is 0 Å². The van der Waals surface area contributed by atoms with Crippen LogP contribution >= 0.6 is 0 Å². The Bertz CT molecular complexity index is 906. The third-order valence-electron chi connectivity index (χ3n) is 4.04. The lowest BCUT2D eigenvalue weighted by molar-refractivity contribution is 0.0489. The topological polar surface area (TPSA) is 79.6 Å². The van der Waals surface area contributed by atoms with Crippen LogP contribution in [0.2, 0.25) is 0 Å². The highest BCUT2D eigenvalue weighted by atomic mass is 16.5. The summed E-state index contributed by atoms with van der Waals surface area (Å²) in [5.41, 5.74) is 1.41. The number of carbonyl (C=O) groups excluding carboxylic acids is 1. The van der Waals surface area contributed by atoms with Crippen molar-refractivity contribution in [3.05, 3.63) is 59.7 Å². The largest absolute Gasteiger partial charge is 0.468 e. The van der Waals surface area contributed by atoms with E-state index < -0.39 is 5.97 Å². The first-order chi connectivity index (χ1) is 12.7. The van der Waals surface area contributed by atoms with Gasteiger partial charge >= 0.3 is 5.97 Å². The SMILES string of the molecule is CCOC(=O)c1oc2ccccc2c1CN(CCC#N)Cc1ccco1. The Morgan fingerprint density at radius 2 is 2.08 bits per heavy atom. The number of carbonyl (C=O) groups is 1. The zero-order chi connectivity index (χ0) is 18.4. The van der Waals surface area contributed by atoms with Crippen LogP contribution in [0.25, 0.3) is 11.0 Å². The molecule has 6 nitrogen and oxygen atoms in total. The molecule has 0 atom stereocenters. The molecule has 0 aliphatic rings. The van der Waals surface area contributed by atoms with Gasteiger partial charge < -0.3 is 13.6 Å². The molecule has 0 aliphatic heterocycles. The number of hydrogen-bond donors (Lipinski definition) is 0. The van der Waals surface area contributed by atoms with Crippen LogP contribution in [0.3, 0.4) is 0 Å². The third kappa shape index (κ3) is 3.95. The van der Waals surface area contributed by atoms with E-state index in [4.69, 9.17) is 18.8 Å². The predicted octanol–water partition coefficient (Wildman–Crippen LogP) is 4.12. The summed E-state index contributed by atoms with van der Waals surface area (Å²) in [6.07, 6.45) is 2.00. The van der Waals surface area contributed by atoms with Gasteiger partial charge in [0, 0.05) is 30.5 Å². The molecule has 134 valence electrons. The van der Waals surface area contributed by atoms with Gasteiger partial charge in [-0.2, -0.15) is 5.26 Å². The number of para-hydroxylation sites is 1. The van der Waals surface area contributed by atoms with Crippen LogP contribution in [0, 0.1) is 11.3 Å². The van der Waals surface area contributed by atoms with Gasteiger partial charge in [0.05, 0.1) is 25.5 Å². The summed E-state index contributed by atoms with van der Waals surface area (Å²) < 4.78 is 16.3. The summed E-state index contributed by atoms with van der Waals surface area (Å²) in [4.78, 5) is 14.4. The van der Waals surface area contributed by atoms with Crippen molar-refractivity contribution in [1.82, 2.24) is 4.90 Å². The van der Waals surface area contributed by atoms with Crippen molar-refractivity contribution in [2.24, 2.45) is 0 Å². The van der Waals surface area contributed by atoms with E-state index >= 15 is 0 Å². The van der Waals surface area contributed by atoms with Crippen molar-refractivity contribution < 1.29 is 18.4 Å². The van der Waals surface area contributed by atoms with E-state index in [2.05, 4.69) is 11.0 Å². The molecule has 0 saturated heterocycles. The smallest absolute Gasteiger partial charge is 0.374 e. The van der Waals surface area contributed by atoms with Gasteiger partial charge in [0.2, 0.25) is 5.76 Å². The highest BCUT2D eigenvalue weighted by Gasteiger charge is 2.23. The maximum Gasteiger partial charge on any atom is 0.374 e. The number of ether oxygens (including phenoxy) is 1. The van der Waals surface area contributed by atoms with Crippen molar-refractivity contribution in [1.29, 1.82) is 5.26 Å². The van der Waals surface area contributed by atoms with Gasteiger partial charge in [-0.1, -0.05) is 18.2 Å². The molecule has 0 radical (unpaired) electrons. The highest BCUT2D eigenvalue weighted by molar-refractivity contribution is 5.96. The molecular weight excluding hydrogens is 332 g/mol. The summed E-state index contributed by atoms with van der Waals surface area (Å²) in [5.74, 6) is 0.541. The van der Waals surface area contributed by atoms with E-state index in [1.807, 2.05) is 36.4 Å². The molecule has 0 spiro atoms. The summed E-state index contributed by atoms with van der Waals surface area (Å²) in [6, 6.07) is 13.4. The van der Waals surface area contributed by atoms with Crippen LogP contribution < -0.4 is 0 Å². The average Bonchev–Trinajstić information content (AvgIpc) is 3.28. The summed E-state index contributed by atoms with van der Waals surface area (Å²) in [5, 5.41) is 9.83. The number of esters is 1. The lowest BCUT2D eigenvalue weighted by Gasteiger charge is -2.20. The second kappa shape index (κ2) is 8.37. The maximum absolute atomic E-state index is 12.3. The normalized spacial score (nSPS) is 11.0. The van der Waals surface area contributed by atoms with Crippen LogP contribution in [0.15, 0.2) is 51.5 Å². The van der Waals surface area contributed by atoms with Crippen molar-refractivity contribution in [3.8, 4) is 6.07 Å². The Kier molecular flexibility index (Phi) is 5.72. The Morgan fingerprint density at radius 3 is 2.81 bits per heavy atom. The zero-order valence-electron chi connectivity index (χ0n) is 14.6. The first kappa shape index (κ1) is 17.8. The minimum atomic E-state index is -0.475. The van der Waals surface area contributed by atoms with Gasteiger partial charge in [-0.15, -0.1) is 0 Å². The molecular formula is C20H20N2O4. The average molecular weight is 352 g/mol. The van der Waals surface area contributed by atoms with Crippen LogP contribution in [-0.4, -0.2) is 24.0 Å². The molecule has 6 heteroatoms. The van der Waals surface area contributed by atoms with Crippen molar-refractivity contribution in [2.45, 2.75) is 26.4 Å². The molecule has 3 aromatic rings. The van der Waals surface area contributed by atoms with E-state index in [9.17, 15) is 4.79 Å². The maximum atomic E-state index is 12.3. The predicted molar refractivity (Wildman–Crippen MR) is 95.2 cm³/mol. The second-order valence-corrected chi connectivity index (χ2v) is 5.82. The second-order valence-electron chi connectivity index (χ2n) is 5.82. The Labute approximate surface area is 151 Å². The van der Waals surface area contributed by atoms with Gasteiger partial charge in [-0.05, 0) is 25.1 Å². The molecule has 0 aliphatic carbocycles. The van der Waals surface area contributed by atoms with E-state index in [0.29, 0.717) is 31.6 Å². The quantitative estimate of drug-likeness (QED) is 0.567. The lowest BCUT2D eigenvalue weighted by Crippen LogP contribution is -2.24. The molecule has 26 heavy (non-hydrogen) atoms. The fourth-order valence-corrected chi connectivity index (χ4v) is 2.89. The fraction of sp³-hybridized carbons (Fsp3) is 0.300. The van der Waals surface area contributed by atoms with Gasteiger partial charge in [0.1, 0.15) is 11.3 Å². The van der Waals surface area contributed by atoms with Crippen LogP contribution in [0.5, 0.6) is 0 Å². The number of nitrogens with zero attached hydrogens (tertiary/aromatic N) is 2. The minimum absolute atomic E-state index is 0.217. The van der Waals surface area contributed by atoms with Gasteiger partial charge in [-0.25, -0.2) is 4.79 Å². The molecule has 0 amide bonds. The van der Waals surface area contributed by atoms with E-state index in [1.54, 1.807) is 13.2 Å². The standard InChI is InChI=1S/C20H20N2O4/c1-2-24-20(23)19-17(16-8-3-4-9-18(16)26-19)14-22(11-6-10-21)13-15-7-5-12-25-15/h3-5,7-9,12H,2,6,11,13-14H2,1H3. The number of benzene rings is 1. The first-order valence-electron chi connectivity index (χ1n) is 8.52. The summed E-state index contributed by atoms with van der Waals surface area (Å²) in [6.45, 7) is 3.58. The molecule has 0 bridgehead atoms. The highest BCUT2D eigenvalue weighted by Crippen LogP contribution is 2.28. The Hall–Kier alpha value is -3.04. The first-order valence-corrected chi connectivity index (χ1v) is 8.52. The number of fused-ring (bicyclic) bond motifs is 1. The third-order valence-corrected chi connectivity index (χ3v) is 4.04. The van der Waals surface area contributed by atoms with E-state index in [0.717, 1.165) is 16.7 Å². The number of nitriles is 1. The Morgan fingerprint density at radius 1 is 1.23 bits per heavy atom. The molecule has 2 aromatic heterocycles. The lowest BCUT2D eigenvalue weighted by atomic mass is 10.1. The van der Waals surface area contributed by atoms with Gasteiger partial charge in [-0.3, -0.25) is 4.90 Å². The Balaban J connectivity index is 1.94. The zero-order valence-corrected chi connectivity index (χ0v) is 14.6.